The highest BCUT2D eigenvalue weighted by molar-refractivity contribution is 7.99. The van der Waals surface area contributed by atoms with Crippen molar-refractivity contribution in [2.45, 2.75) is 18.6 Å². The van der Waals surface area contributed by atoms with Crippen LogP contribution in [-0.2, 0) is 6.54 Å². The summed E-state index contributed by atoms with van der Waals surface area (Å²) in [5, 5.41) is 13.9. The van der Waals surface area contributed by atoms with Gasteiger partial charge >= 0.3 is 0 Å². The quantitative estimate of drug-likeness (QED) is 0.649. The van der Waals surface area contributed by atoms with Crippen LogP contribution in [0.2, 0.25) is 5.02 Å². The normalized spacial score (nSPS) is 22.0. The molecule has 4 nitrogen and oxygen atoms in total. The third-order valence-electron chi connectivity index (χ3n) is 3.69. The molecule has 22 heavy (non-hydrogen) atoms. The van der Waals surface area contributed by atoms with Crippen molar-refractivity contribution in [1.29, 1.82) is 0 Å². The summed E-state index contributed by atoms with van der Waals surface area (Å²) >= 11 is 7.80. The fourth-order valence-electron chi connectivity index (χ4n) is 2.36. The Morgan fingerprint density at radius 3 is 2.95 bits per heavy atom. The summed E-state index contributed by atoms with van der Waals surface area (Å²) in [4.78, 5) is 5.97. The van der Waals surface area contributed by atoms with E-state index < -0.39 is 5.60 Å². The van der Waals surface area contributed by atoms with E-state index in [1.165, 1.54) is 6.07 Å². The molecule has 1 aliphatic rings. The lowest BCUT2D eigenvalue weighted by Crippen LogP contribution is -2.47. The van der Waals surface area contributed by atoms with Crippen molar-refractivity contribution in [2.75, 3.05) is 32.1 Å². The van der Waals surface area contributed by atoms with Gasteiger partial charge in [-0.2, -0.15) is 11.8 Å². The van der Waals surface area contributed by atoms with Crippen molar-refractivity contribution >= 4 is 29.3 Å². The first-order valence-electron chi connectivity index (χ1n) is 7.10. The first-order valence-corrected chi connectivity index (χ1v) is 8.63. The highest BCUT2D eigenvalue weighted by Gasteiger charge is 2.32. The van der Waals surface area contributed by atoms with E-state index in [9.17, 15) is 9.50 Å². The van der Waals surface area contributed by atoms with E-state index in [0.29, 0.717) is 29.6 Å². The number of nitrogens with zero attached hydrogens (tertiary/aromatic N) is 2. The Morgan fingerprint density at radius 1 is 1.59 bits per heavy atom. The van der Waals surface area contributed by atoms with Gasteiger partial charge in [0, 0.05) is 43.5 Å². The van der Waals surface area contributed by atoms with E-state index in [2.05, 4.69) is 10.3 Å². The van der Waals surface area contributed by atoms with Crippen LogP contribution in [0.15, 0.2) is 23.2 Å². The fourth-order valence-corrected chi connectivity index (χ4v) is 3.88. The summed E-state index contributed by atoms with van der Waals surface area (Å²) < 4.78 is 13.9. The molecule has 0 spiro atoms. The van der Waals surface area contributed by atoms with Gasteiger partial charge in [0.05, 0.1) is 5.60 Å². The molecule has 1 atom stereocenters. The van der Waals surface area contributed by atoms with Gasteiger partial charge in [0.25, 0.3) is 0 Å². The zero-order valence-electron chi connectivity index (χ0n) is 12.8. The number of nitrogens with one attached hydrogen (secondary N) is 1. The zero-order valence-corrected chi connectivity index (χ0v) is 14.3. The number of halogens is 2. The van der Waals surface area contributed by atoms with Crippen molar-refractivity contribution in [3.63, 3.8) is 0 Å². The van der Waals surface area contributed by atoms with Crippen LogP contribution in [0.5, 0.6) is 0 Å². The molecule has 1 saturated heterocycles. The molecule has 0 aromatic heterocycles. The summed E-state index contributed by atoms with van der Waals surface area (Å²) in [6, 6.07) is 4.65. The van der Waals surface area contributed by atoms with Crippen LogP contribution < -0.4 is 5.32 Å². The Hall–Kier alpha value is -0.980. The first-order chi connectivity index (χ1) is 10.4. The lowest BCUT2D eigenvalue weighted by Gasteiger charge is -2.27. The zero-order chi connectivity index (χ0) is 16.2. The van der Waals surface area contributed by atoms with Crippen LogP contribution in [0.3, 0.4) is 0 Å². The molecule has 2 N–H and O–H groups in total. The first kappa shape index (κ1) is 17.4. The molecular formula is C15H21ClFN3OS. The minimum absolute atomic E-state index is 0.304. The molecule has 0 aliphatic carbocycles. The standard InChI is InChI=1S/C15H21ClFN3OS/c1-18-14(19-9-15(21)6-7-22-10-15)20(2)8-11-12(16)4-3-5-13(11)17/h3-5,21H,6-10H2,1-2H3,(H,18,19). The second-order valence-corrected chi connectivity index (χ2v) is 7.00. The lowest BCUT2D eigenvalue weighted by molar-refractivity contribution is 0.0718. The van der Waals surface area contributed by atoms with Gasteiger partial charge in [-0.25, -0.2) is 4.39 Å². The van der Waals surface area contributed by atoms with E-state index in [1.807, 2.05) is 7.05 Å². The Kier molecular flexibility index (Phi) is 5.94. The van der Waals surface area contributed by atoms with E-state index >= 15 is 0 Å². The number of aliphatic hydroxyl groups is 1. The van der Waals surface area contributed by atoms with Crippen LogP contribution in [0, 0.1) is 5.82 Å². The number of hydrogen-bond acceptors (Lipinski definition) is 3. The second kappa shape index (κ2) is 7.53. The van der Waals surface area contributed by atoms with Crippen molar-refractivity contribution in [2.24, 2.45) is 4.99 Å². The molecule has 0 saturated carbocycles. The topological polar surface area (TPSA) is 47.9 Å². The van der Waals surface area contributed by atoms with Crippen LogP contribution in [0.4, 0.5) is 4.39 Å². The van der Waals surface area contributed by atoms with Crippen molar-refractivity contribution in [3.05, 3.63) is 34.6 Å². The second-order valence-electron chi connectivity index (χ2n) is 5.48. The van der Waals surface area contributed by atoms with Crippen LogP contribution in [0.25, 0.3) is 0 Å². The van der Waals surface area contributed by atoms with Gasteiger partial charge in [0.2, 0.25) is 0 Å². The Balaban J connectivity index is 1.99. The number of rotatable bonds is 4. The molecule has 1 heterocycles. The van der Waals surface area contributed by atoms with Crippen molar-refractivity contribution < 1.29 is 9.50 Å². The maximum atomic E-state index is 13.9. The molecule has 0 radical (unpaired) electrons. The highest BCUT2D eigenvalue weighted by atomic mass is 35.5. The minimum atomic E-state index is -0.697. The summed E-state index contributed by atoms with van der Waals surface area (Å²) in [5.74, 6) is 1.96. The highest BCUT2D eigenvalue weighted by Crippen LogP contribution is 2.27. The smallest absolute Gasteiger partial charge is 0.193 e. The summed E-state index contributed by atoms with van der Waals surface area (Å²) in [5.41, 5.74) is -0.262. The molecule has 122 valence electrons. The predicted octanol–water partition coefficient (Wildman–Crippen LogP) is 2.35. The Labute approximate surface area is 139 Å². The van der Waals surface area contributed by atoms with Gasteiger partial charge in [-0.1, -0.05) is 17.7 Å². The SMILES string of the molecule is CN=C(NCC1(O)CCSC1)N(C)Cc1c(F)cccc1Cl. The minimum Gasteiger partial charge on any atom is -0.387 e. The molecule has 1 aliphatic heterocycles. The van der Waals surface area contributed by atoms with Crippen molar-refractivity contribution in [3.8, 4) is 0 Å². The van der Waals surface area contributed by atoms with E-state index in [-0.39, 0.29) is 5.82 Å². The van der Waals surface area contributed by atoms with Gasteiger partial charge in [0.1, 0.15) is 5.82 Å². The molecule has 1 fully saturated rings. The predicted molar refractivity (Wildman–Crippen MR) is 91.1 cm³/mol. The number of hydrogen-bond donors (Lipinski definition) is 2. The molecule has 7 heteroatoms. The Bertz CT molecular complexity index is 529. The monoisotopic (exact) mass is 345 g/mol. The average Bonchev–Trinajstić information content (AvgIpc) is 2.91. The van der Waals surface area contributed by atoms with E-state index in [1.54, 1.807) is 35.8 Å². The largest absolute Gasteiger partial charge is 0.387 e. The van der Waals surface area contributed by atoms with Gasteiger partial charge in [-0.15, -0.1) is 0 Å². The summed E-state index contributed by atoms with van der Waals surface area (Å²) in [6.07, 6.45) is 0.768. The number of benzene rings is 1. The van der Waals surface area contributed by atoms with Crippen LogP contribution in [-0.4, -0.2) is 53.7 Å². The van der Waals surface area contributed by atoms with Gasteiger partial charge in [-0.05, 0) is 24.3 Å². The Morgan fingerprint density at radius 2 is 2.36 bits per heavy atom. The summed E-state index contributed by atoms with van der Waals surface area (Å²) in [6.45, 7) is 0.736. The number of aliphatic imine (C=N–C) groups is 1. The maximum Gasteiger partial charge on any atom is 0.193 e. The molecule has 0 bridgehead atoms. The average molecular weight is 346 g/mol. The molecule has 2 rings (SSSR count). The van der Waals surface area contributed by atoms with Crippen LogP contribution in [0.1, 0.15) is 12.0 Å². The number of guanidine groups is 1. The van der Waals surface area contributed by atoms with E-state index in [0.717, 1.165) is 17.9 Å². The molecule has 0 amide bonds. The summed E-state index contributed by atoms with van der Waals surface area (Å²) in [7, 11) is 3.47. The van der Waals surface area contributed by atoms with Gasteiger partial charge < -0.3 is 15.3 Å². The van der Waals surface area contributed by atoms with Crippen LogP contribution >= 0.6 is 23.4 Å². The number of thioether (sulfide) groups is 1. The van der Waals surface area contributed by atoms with Gasteiger partial charge in [-0.3, -0.25) is 4.99 Å². The van der Waals surface area contributed by atoms with Crippen molar-refractivity contribution in [1.82, 2.24) is 10.2 Å². The van der Waals surface area contributed by atoms with Gasteiger partial charge in [0.15, 0.2) is 5.96 Å². The maximum absolute atomic E-state index is 13.9. The molecular weight excluding hydrogens is 325 g/mol. The molecule has 1 unspecified atom stereocenters. The lowest BCUT2D eigenvalue weighted by atomic mass is 10.0. The van der Waals surface area contributed by atoms with E-state index in [4.69, 9.17) is 11.6 Å². The third kappa shape index (κ3) is 4.27. The third-order valence-corrected chi connectivity index (χ3v) is 5.28. The molecule has 1 aromatic rings. The fraction of sp³-hybridized carbons (Fsp3) is 0.533. The molecule has 1 aromatic carbocycles.